The number of carbonyl (C=O) groups is 8. The third-order valence-electron chi connectivity index (χ3n) is 13.4. The van der Waals surface area contributed by atoms with Crippen LogP contribution < -0.4 is 36.8 Å². The molecule has 81 heavy (non-hydrogen) atoms. The fraction of sp³-hybridized carbons (Fsp3) is 0.429. The number of para-hydroxylation sites is 1. The summed E-state index contributed by atoms with van der Waals surface area (Å²) in [7, 11) is 3.19. The molecule has 0 aromatic heterocycles. The molecule has 7 amide bonds. The number of unbranched alkanes of at least 4 members (excludes halogenated alkanes) is 1. The van der Waals surface area contributed by atoms with E-state index in [1.54, 1.807) is 75.3 Å². The molecule has 1 aliphatic heterocycles. The zero-order valence-electron chi connectivity index (χ0n) is 49.0. The predicted octanol–water partition coefficient (Wildman–Crippen LogP) is 8.44. The Labute approximate surface area is 477 Å². The van der Waals surface area contributed by atoms with Gasteiger partial charge in [0.05, 0.1) is 24.8 Å². The van der Waals surface area contributed by atoms with Gasteiger partial charge < -0.3 is 46.2 Å². The normalized spacial score (nSPS) is 13.0. The Bertz CT molecular complexity index is 2950. The first-order valence-electron chi connectivity index (χ1n) is 27.4. The lowest BCUT2D eigenvalue weighted by Crippen LogP contribution is -2.60. The van der Waals surface area contributed by atoms with Crippen molar-refractivity contribution in [2.45, 2.75) is 138 Å². The van der Waals surface area contributed by atoms with E-state index >= 15 is 0 Å². The summed E-state index contributed by atoms with van der Waals surface area (Å²) in [4.78, 5) is 108. The summed E-state index contributed by atoms with van der Waals surface area (Å²) in [6.07, 6.45) is 3.18. The van der Waals surface area contributed by atoms with Crippen LogP contribution in [0.25, 0.3) is 0 Å². The lowest BCUT2D eigenvalue weighted by atomic mass is 9.76. The van der Waals surface area contributed by atoms with Crippen LogP contribution in [0.2, 0.25) is 0 Å². The van der Waals surface area contributed by atoms with Gasteiger partial charge in [-0.15, -0.1) is 0 Å². The van der Waals surface area contributed by atoms with Crippen LogP contribution >= 0.6 is 0 Å². The van der Waals surface area contributed by atoms with Crippen LogP contribution in [0.5, 0.6) is 0 Å². The SMILES string of the molecule is CCC.CNC(C(=O)NC(C(=O)N(C)C/C=C(\C)C(=O)O)C(C)(C)C)C(C)(C)c1cccc(NC(=O)OCc2ccc(NC(=O)CNC(=O)C(NC(=O)CCCCC(=O)N3Cc4ccccc4C#Cc4ccccc43)C(C)C)cc2)c1. The predicted molar refractivity (Wildman–Crippen MR) is 316 cm³/mol. The van der Waals surface area contributed by atoms with E-state index in [1.807, 2.05) is 89.2 Å². The number of anilines is 3. The number of carbonyl (C=O) groups excluding carboxylic acids is 7. The van der Waals surface area contributed by atoms with E-state index in [0.29, 0.717) is 41.9 Å². The maximum atomic E-state index is 14.0. The van der Waals surface area contributed by atoms with Gasteiger partial charge in [0, 0.05) is 59.9 Å². The summed E-state index contributed by atoms with van der Waals surface area (Å²) in [5.74, 6) is 2.81. The monoisotopic (exact) mass is 1110 g/mol. The smallest absolute Gasteiger partial charge is 0.411 e. The van der Waals surface area contributed by atoms with E-state index in [4.69, 9.17) is 4.74 Å². The molecule has 3 unspecified atom stereocenters. The summed E-state index contributed by atoms with van der Waals surface area (Å²) < 4.78 is 5.49. The summed E-state index contributed by atoms with van der Waals surface area (Å²) in [6.45, 7) is 18.5. The molecule has 1 aliphatic rings. The molecule has 0 saturated carbocycles. The number of likely N-dealkylation sites (N-methyl/N-ethyl adjacent to an activating group) is 2. The van der Waals surface area contributed by atoms with Crippen molar-refractivity contribution in [3.8, 4) is 11.8 Å². The van der Waals surface area contributed by atoms with Crippen LogP contribution in [0.3, 0.4) is 0 Å². The number of fused-ring (bicyclic) bond motifs is 2. The number of aliphatic carboxylic acids is 1. The number of carboxylic acids is 1. The molecule has 0 fully saturated rings. The van der Waals surface area contributed by atoms with E-state index in [-0.39, 0.29) is 61.8 Å². The van der Waals surface area contributed by atoms with E-state index in [2.05, 4.69) is 57.6 Å². The number of carboxylic acid groups (broad SMARTS) is 1. The van der Waals surface area contributed by atoms with Crippen LogP contribution in [-0.2, 0) is 56.9 Å². The minimum Gasteiger partial charge on any atom is -0.478 e. The lowest BCUT2D eigenvalue weighted by molar-refractivity contribution is -0.139. The van der Waals surface area contributed by atoms with Gasteiger partial charge in [-0.1, -0.05) is 141 Å². The zero-order valence-corrected chi connectivity index (χ0v) is 49.0. The van der Waals surface area contributed by atoms with Gasteiger partial charge in [-0.3, -0.25) is 34.1 Å². The van der Waals surface area contributed by atoms with Crippen molar-refractivity contribution in [1.82, 2.24) is 26.2 Å². The fourth-order valence-electron chi connectivity index (χ4n) is 8.68. The molecule has 4 aromatic carbocycles. The number of amides is 7. The van der Waals surface area contributed by atoms with Gasteiger partial charge in [0.25, 0.3) is 0 Å². The van der Waals surface area contributed by atoms with Crippen molar-refractivity contribution in [3.63, 3.8) is 0 Å². The molecule has 3 atom stereocenters. The first kappa shape index (κ1) is 65.2. The minimum atomic E-state index is -1.09. The molecule has 7 N–H and O–H groups in total. The molecule has 1 heterocycles. The van der Waals surface area contributed by atoms with Crippen molar-refractivity contribution >= 4 is 64.6 Å². The maximum Gasteiger partial charge on any atom is 0.411 e. The highest BCUT2D eigenvalue weighted by Crippen LogP contribution is 2.31. The number of nitrogens with zero attached hydrogens (tertiary/aromatic N) is 2. The second-order valence-corrected chi connectivity index (χ2v) is 22.0. The van der Waals surface area contributed by atoms with Crippen molar-refractivity contribution in [1.29, 1.82) is 0 Å². The van der Waals surface area contributed by atoms with Crippen LogP contribution in [0.4, 0.5) is 21.9 Å². The highest BCUT2D eigenvalue weighted by atomic mass is 16.5. The second kappa shape index (κ2) is 30.9. The lowest BCUT2D eigenvalue weighted by Gasteiger charge is -2.38. The van der Waals surface area contributed by atoms with E-state index in [0.717, 1.165) is 22.4 Å². The van der Waals surface area contributed by atoms with Crippen molar-refractivity contribution < 1.29 is 48.2 Å². The van der Waals surface area contributed by atoms with E-state index < -0.39 is 58.7 Å². The zero-order chi connectivity index (χ0) is 60.0. The van der Waals surface area contributed by atoms with Gasteiger partial charge >= 0.3 is 12.1 Å². The molecule has 0 bridgehead atoms. The van der Waals surface area contributed by atoms with Crippen LogP contribution in [0.15, 0.2) is 109 Å². The highest BCUT2D eigenvalue weighted by molar-refractivity contribution is 5.97. The number of hydrogen-bond acceptors (Lipinski definition) is 10. The summed E-state index contributed by atoms with van der Waals surface area (Å²) in [5.41, 5.74) is 4.05. The molecule has 4 aromatic rings. The molecule has 0 spiro atoms. The average molecular weight is 1110 g/mol. The molecule has 0 saturated heterocycles. The summed E-state index contributed by atoms with van der Waals surface area (Å²) >= 11 is 0. The molecule has 18 nitrogen and oxygen atoms in total. The number of benzene rings is 4. The first-order valence-corrected chi connectivity index (χ1v) is 27.4. The number of ether oxygens (including phenoxy) is 1. The van der Waals surface area contributed by atoms with Gasteiger partial charge in [-0.25, -0.2) is 9.59 Å². The van der Waals surface area contributed by atoms with Crippen LogP contribution in [-0.4, -0.2) is 103 Å². The standard InChI is InChI=1S/C60H74N8O10.C3H8/c1-38(2)51(65-48(69)24-15-16-25-50(71)68-36-43-20-12-11-18-41(43)28-29-42-19-13-14-23-47(42)68)54(72)62-35-49(70)63-45-30-26-40(27-31-45)37-78-58(77)64-46-22-17-21-44(34-46)60(7,8)52(61-9)55(73)66-53(59(4,5)6)56(74)67(10)33-32-39(3)57(75)76;1-3-2/h11-14,17-23,26-27,30-32,34,38,51-53,61H,15-16,24-25,33,35-37H2,1-10H3,(H,62,72)(H,63,70)(H,64,77)(H,65,69)(H,66,73)(H,75,76);3H2,1-2H3/b39-32+;. The summed E-state index contributed by atoms with van der Waals surface area (Å²) in [5, 5.41) is 26.1. The first-order chi connectivity index (χ1) is 38.3. The maximum absolute atomic E-state index is 14.0. The van der Waals surface area contributed by atoms with E-state index in [1.165, 1.54) is 24.3 Å². The molecule has 434 valence electrons. The Hall–Kier alpha value is -8.30. The van der Waals surface area contributed by atoms with Gasteiger partial charge in [-0.05, 0) is 97.3 Å². The third kappa shape index (κ3) is 19.8. The Morgan fingerprint density at radius 2 is 1.38 bits per heavy atom. The number of hydrogen-bond donors (Lipinski definition) is 7. The second-order valence-electron chi connectivity index (χ2n) is 22.0. The Balaban J connectivity index is 0.00000460. The highest BCUT2D eigenvalue weighted by Gasteiger charge is 2.41. The molecular formula is C63H82N8O10. The van der Waals surface area contributed by atoms with Gasteiger partial charge in [-0.2, -0.15) is 0 Å². The topological polar surface area (TPSA) is 245 Å². The van der Waals surface area contributed by atoms with Crippen molar-refractivity contribution in [2.75, 3.05) is 42.7 Å². The molecule has 18 heteroatoms. The van der Waals surface area contributed by atoms with Gasteiger partial charge in [0.15, 0.2) is 0 Å². The number of rotatable bonds is 23. The molecular weight excluding hydrogens is 1030 g/mol. The van der Waals surface area contributed by atoms with E-state index in [9.17, 15) is 43.5 Å². The Morgan fingerprint density at radius 1 is 0.753 bits per heavy atom. The Kier molecular flexibility index (Phi) is 24.9. The van der Waals surface area contributed by atoms with Gasteiger partial charge in [0.2, 0.25) is 35.4 Å². The van der Waals surface area contributed by atoms with Crippen molar-refractivity contribution in [2.24, 2.45) is 11.3 Å². The molecule has 5 rings (SSSR count). The van der Waals surface area contributed by atoms with Crippen LogP contribution in [0, 0.1) is 23.2 Å². The number of nitrogens with one attached hydrogen (secondary N) is 6. The summed E-state index contributed by atoms with van der Waals surface area (Å²) in [6, 6.07) is 26.2. The van der Waals surface area contributed by atoms with Gasteiger partial charge in [0.1, 0.15) is 18.7 Å². The Morgan fingerprint density at radius 3 is 2.02 bits per heavy atom. The largest absolute Gasteiger partial charge is 0.478 e. The molecule has 0 radical (unpaired) electrons. The minimum absolute atomic E-state index is 0.0466. The molecule has 0 aliphatic carbocycles. The fourth-order valence-corrected chi connectivity index (χ4v) is 8.68. The van der Waals surface area contributed by atoms with Crippen LogP contribution in [0.1, 0.15) is 129 Å². The quantitative estimate of drug-likeness (QED) is 0.0211. The third-order valence-corrected chi connectivity index (χ3v) is 13.4. The van der Waals surface area contributed by atoms with Crippen molar-refractivity contribution in [3.05, 3.63) is 137 Å². The average Bonchev–Trinajstić information content (AvgIpc) is 3.41.